The topological polar surface area (TPSA) is 180 Å². The van der Waals surface area contributed by atoms with Crippen molar-refractivity contribution in [1.82, 2.24) is 10.3 Å². The lowest BCUT2D eigenvalue weighted by atomic mass is 9.95. The van der Waals surface area contributed by atoms with Gasteiger partial charge in [-0.1, -0.05) is 48.0 Å². The summed E-state index contributed by atoms with van der Waals surface area (Å²) in [4.78, 5) is 28.1. The lowest BCUT2D eigenvalue weighted by molar-refractivity contribution is -0.142. The largest absolute Gasteiger partial charge is 0.480 e. The fourth-order valence-corrected chi connectivity index (χ4v) is 4.38. The maximum atomic E-state index is 13.9. The summed E-state index contributed by atoms with van der Waals surface area (Å²) in [7, 11) is 1.25. The second-order valence-electron chi connectivity index (χ2n) is 9.53. The minimum Gasteiger partial charge on any atom is -0.480 e. The molecule has 0 bridgehead atoms. The summed E-state index contributed by atoms with van der Waals surface area (Å²) in [6, 6.07) is 12.3. The second-order valence-corrected chi connectivity index (χ2v) is 9.93. The number of aliphatic carboxylic acids is 1. The predicted octanol–water partition coefficient (Wildman–Crippen LogP) is 2.12. The van der Waals surface area contributed by atoms with Crippen LogP contribution in [0.2, 0.25) is 5.02 Å². The molecule has 3 rings (SSSR count). The molecule has 1 aliphatic heterocycles. The number of nitrogens with two attached hydrogens (primary N) is 2. The lowest BCUT2D eigenvalue weighted by Crippen LogP contribution is -2.36. The van der Waals surface area contributed by atoms with E-state index in [0.29, 0.717) is 49.2 Å². The van der Waals surface area contributed by atoms with Crippen molar-refractivity contribution in [3.8, 4) is 0 Å². The number of hydrogen-bond donors (Lipinski definition) is 4. The number of rotatable bonds is 19. The zero-order chi connectivity index (χ0) is 32.6. The quantitative estimate of drug-likeness (QED) is 0.0755. The predicted molar refractivity (Wildman–Crippen MR) is 163 cm³/mol. The number of carboxylic acids is 1. The third-order valence-corrected chi connectivity index (χ3v) is 6.47. The molecule has 1 heterocycles. The Balaban J connectivity index is 1.58. The number of carbonyl (C=O) groups excluding carboxylic acids is 1. The monoisotopic (exact) mass is 649 g/mol. The van der Waals surface area contributed by atoms with Gasteiger partial charge in [-0.2, -0.15) is 0 Å². The number of hydrazine groups is 1. The molecule has 6 N–H and O–H groups in total. The number of benzene rings is 2. The number of carbonyl (C=O) groups is 2. The second kappa shape index (κ2) is 18.7. The highest BCUT2D eigenvalue weighted by Gasteiger charge is 2.33. The molecule has 0 radical (unpaired) electrons. The van der Waals surface area contributed by atoms with Crippen molar-refractivity contribution in [3.05, 3.63) is 93.7 Å². The van der Waals surface area contributed by atoms with Crippen LogP contribution in [0.5, 0.6) is 0 Å². The van der Waals surface area contributed by atoms with Crippen LogP contribution >= 0.6 is 11.6 Å². The van der Waals surface area contributed by atoms with Crippen LogP contribution < -0.4 is 16.9 Å². The average molecular weight is 650 g/mol. The molecule has 1 aliphatic rings. The molecular formula is C30H37ClFN5O8. The Morgan fingerprint density at radius 3 is 2.40 bits per heavy atom. The van der Waals surface area contributed by atoms with Crippen molar-refractivity contribution in [2.75, 3.05) is 66.5 Å². The minimum absolute atomic E-state index is 0.0221. The standard InChI is InChI=1S/C30H37ClFN5O8/c1-41-30(40)27-25(18-45-17-22(33)16-37(34)9-10-42-11-12-43-13-14-44-19-26(38)39)35-29(20-5-3-2-4-6-20)36-28(27)23-8-7-21(32)15-24(23)31/h2-8,15-16,28H,9-14,17-19,33-34H2,1H3,(H,35,36)(H,38,39)/b22-16-. The van der Waals surface area contributed by atoms with E-state index in [-0.39, 0.29) is 43.6 Å². The number of hydrogen-bond acceptors (Lipinski definition) is 12. The van der Waals surface area contributed by atoms with E-state index in [1.54, 1.807) is 0 Å². The molecule has 0 saturated heterocycles. The molecule has 0 fully saturated rings. The number of carboxylic acid groups (broad SMARTS) is 1. The summed E-state index contributed by atoms with van der Waals surface area (Å²) >= 11 is 6.39. The molecule has 0 saturated carbocycles. The first-order valence-corrected chi connectivity index (χ1v) is 14.2. The summed E-state index contributed by atoms with van der Waals surface area (Å²) in [6.07, 6.45) is 1.50. The number of amidine groups is 1. The molecule has 0 amide bonds. The normalized spacial score (nSPS) is 15.0. The van der Waals surface area contributed by atoms with Crippen molar-refractivity contribution in [3.63, 3.8) is 0 Å². The third-order valence-electron chi connectivity index (χ3n) is 6.15. The summed E-state index contributed by atoms with van der Waals surface area (Å²) in [5.74, 6) is 4.23. The Hall–Kier alpha value is -4.05. The van der Waals surface area contributed by atoms with Crippen molar-refractivity contribution >= 4 is 29.4 Å². The third kappa shape index (κ3) is 11.8. The molecule has 2 aromatic carbocycles. The van der Waals surface area contributed by atoms with E-state index < -0.39 is 23.8 Å². The molecule has 45 heavy (non-hydrogen) atoms. The number of nitrogens with one attached hydrogen (secondary N) is 1. The van der Waals surface area contributed by atoms with Gasteiger partial charge in [0.1, 0.15) is 24.3 Å². The minimum atomic E-state index is -1.04. The number of esters is 1. The van der Waals surface area contributed by atoms with Crippen LogP contribution in [0.15, 0.2) is 76.7 Å². The average Bonchev–Trinajstić information content (AvgIpc) is 3.01. The van der Waals surface area contributed by atoms with Gasteiger partial charge in [0.2, 0.25) is 0 Å². The number of halogens is 2. The summed E-state index contributed by atoms with van der Waals surface area (Å²) < 4.78 is 40.4. The first-order valence-electron chi connectivity index (χ1n) is 13.9. The van der Waals surface area contributed by atoms with Crippen molar-refractivity contribution in [2.45, 2.75) is 6.04 Å². The Morgan fingerprint density at radius 2 is 1.73 bits per heavy atom. The highest BCUT2D eigenvalue weighted by Crippen LogP contribution is 2.36. The first-order chi connectivity index (χ1) is 21.7. The summed E-state index contributed by atoms with van der Waals surface area (Å²) in [5.41, 5.74) is 8.12. The van der Waals surface area contributed by atoms with Crippen LogP contribution in [0.1, 0.15) is 17.2 Å². The van der Waals surface area contributed by atoms with Gasteiger partial charge in [-0.25, -0.2) is 19.8 Å². The highest BCUT2D eigenvalue weighted by molar-refractivity contribution is 6.31. The van der Waals surface area contributed by atoms with E-state index >= 15 is 0 Å². The van der Waals surface area contributed by atoms with Gasteiger partial charge in [-0.3, -0.25) is 4.99 Å². The van der Waals surface area contributed by atoms with E-state index in [1.165, 1.54) is 30.5 Å². The van der Waals surface area contributed by atoms with Gasteiger partial charge in [0, 0.05) is 22.3 Å². The maximum Gasteiger partial charge on any atom is 0.338 e. The van der Waals surface area contributed by atoms with Gasteiger partial charge >= 0.3 is 11.9 Å². The van der Waals surface area contributed by atoms with E-state index in [1.807, 2.05) is 30.3 Å². The molecule has 15 heteroatoms. The number of nitrogens with zero attached hydrogens (tertiary/aromatic N) is 2. The molecule has 1 unspecified atom stereocenters. The van der Waals surface area contributed by atoms with Crippen LogP contribution in [-0.2, 0) is 33.3 Å². The smallest absolute Gasteiger partial charge is 0.338 e. The SMILES string of the molecule is COC(=O)C1=C(COC/C(N)=C/N(N)CCOCCOCCOCC(=O)O)NC(c2ccccc2)=NC1c1ccc(F)cc1Cl. The Bertz CT molecular complexity index is 1380. The van der Waals surface area contributed by atoms with Crippen LogP contribution in [0.25, 0.3) is 0 Å². The summed E-state index contributed by atoms with van der Waals surface area (Å²) in [6.45, 7) is 1.24. The van der Waals surface area contributed by atoms with E-state index in [2.05, 4.69) is 5.32 Å². The zero-order valence-electron chi connectivity index (χ0n) is 24.7. The van der Waals surface area contributed by atoms with Crippen LogP contribution in [0, 0.1) is 5.82 Å². The molecular weight excluding hydrogens is 613 g/mol. The van der Waals surface area contributed by atoms with Crippen molar-refractivity contribution in [1.29, 1.82) is 0 Å². The van der Waals surface area contributed by atoms with Gasteiger partial charge in [-0.05, 0) is 12.1 Å². The molecule has 0 aromatic heterocycles. The van der Waals surface area contributed by atoms with E-state index in [4.69, 9.17) is 57.0 Å². The molecule has 0 aliphatic carbocycles. The fourth-order valence-electron chi connectivity index (χ4n) is 4.11. The molecule has 2 aromatic rings. The van der Waals surface area contributed by atoms with Crippen LogP contribution in [0.3, 0.4) is 0 Å². The molecule has 1 atom stereocenters. The van der Waals surface area contributed by atoms with Crippen LogP contribution in [0.4, 0.5) is 4.39 Å². The number of methoxy groups -OCH3 is 1. The summed E-state index contributed by atoms with van der Waals surface area (Å²) in [5, 5.41) is 13.1. The lowest BCUT2D eigenvalue weighted by Gasteiger charge is -2.28. The Morgan fingerprint density at radius 1 is 1.04 bits per heavy atom. The fraction of sp³-hybridized carbons (Fsp3) is 0.367. The molecule has 13 nitrogen and oxygen atoms in total. The maximum absolute atomic E-state index is 13.9. The van der Waals surface area contributed by atoms with Gasteiger partial charge in [0.25, 0.3) is 0 Å². The van der Waals surface area contributed by atoms with E-state index in [0.717, 1.165) is 11.6 Å². The Labute approximate surface area is 265 Å². The number of aliphatic imine (C=N–C) groups is 1. The molecule has 0 spiro atoms. The highest BCUT2D eigenvalue weighted by atomic mass is 35.5. The van der Waals surface area contributed by atoms with Crippen molar-refractivity contribution < 1.29 is 42.8 Å². The zero-order valence-corrected chi connectivity index (χ0v) is 25.5. The van der Waals surface area contributed by atoms with Gasteiger partial charge in [0.15, 0.2) is 0 Å². The van der Waals surface area contributed by atoms with Gasteiger partial charge < -0.3 is 44.9 Å². The first kappa shape index (κ1) is 35.4. The molecule has 244 valence electrons. The van der Waals surface area contributed by atoms with Crippen LogP contribution in [-0.4, -0.2) is 94.4 Å². The number of ether oxygens (including phenoxy) is 5. The van der Waals surface area contributed by atoms with Crippen molar-refractivity contribution in [2.24, 2.45) is 16.6 Å². The van der Waals surface area contributed by atoms with Gasteiger partial charge in [-0.15, -0.1) is 0 Å². The van der Waals surface area contributed by atoms with Gasteiger partial charge in [0.05, 0.1) is 76.9 Å². The Kier molecular flexibility index (Phi) is 14.7. The van der Waals surface area contributed by atoms with E-state index in [9.17, 15) is 14.0 Å².